The number of cyclic esters (lactones) is 1. The number of esters is 1. The fourth-order valence-corrected chi connectivity index (χ4v) is 5.35. The first-order valence-electron chi connectivity index (χ1n) is 11.7. The SMILES string of the molecule is CCOC1(OCC)CC(C(=O)OC2CC(C)CCC2C(C)C)C1C(=O)N1CCOC1=O. The third-order valence-electron chi connectivity index (χ3n) is 6.98. The summed E-state index contributed by atoms with van der Waals surface area (Å²) >= 11 is 0. The molecule has 2 aliphatic carbocycles. The third kappa shape index (κ3) is 4.75. The molecule has 3 rings (SSSR count). The normalized spacial score (nSPS) is 32.5. The van der Waals surface area contributed by atoms with Crippen LogP contribution in [0.15, 0.2) is 0 Å². The molecule has 176 valence electrons. The summed E-state index contributed by atoms with van der Waals surface area (Å²) in [5, 5.41) is 0. The molecule has 3 fully saturated rings. The van der Waals surface area contributed by atoms with Gasteiger partial charge in [-0.05, 0) is 44.4 Å². The summed E-state index contributed by atoms with van der Waals surface area (Å²) in [4.78, 5) is 39.6. The molecule has 5 unspecified atom stereocenters. The molecule has 8 nitrogen and oxygen atoms in total. The summed E-state index contributed by atoms with van der Waals surface area (Å²) in [6, 6.07) is 0. The molecule has 1 saturated heterocycles. The predicted octanol–water partition coefficient (Wildman–Crippen LogP) is 3.37. The molecule has 2 amide bonds. The van der Waals surface area contributed by atoms with Crippen molar-refractivity contribution in [2.75, 3.05) is 26.4 Å². The van der Waals surface area contributed by atoms with Gasteiger partial charge >= 0.3 is 12.1 Å². The largest absolute Gasteiger partial charge is 0.462 e. The van der Waals surface area contributed by atoms with Gasteiger partial charge in [0.15, 0.2) is 5.79 Å². The minimum Gasteiger partial charge on any atom is -0.462 e. The van der Waals surface area contributed by atoms with Crippen LogP contribution in [0.3, 0.4) is 0 Å². The van der Waals surface area contributed by atoms with Crippen LogP contribution in [-0.4, -0.2) is 61.1 Å². The lowest BCUT2D eigenvalue weighted by atomic mass is 9.66. The van der Waals surface area contributed by atoms with E-state index in [1.165, 1.54) is 0 Å². The van der Waals surface area contributed by atoms with E-state index in [9.17, 15) is 14.4 Å². The van der Waals surface area contributed by atoms with E-state index in [0.717, 1.165) is 24.2 Å². The number of nitrogens with zero attached hydrogens (tertiary/aromatic N) is 1. The van der Waals surface area contributed by atoms with Gasteiger partial charge in [0.2, 0.25) is 5.91 Å². The Bertz CT molecular complexity index is 673. The Balaban J connectivity index is 1.80. The smallest absolute Gasteiger partial charge is 0.416 e. The molecule has 0 aromatic rings. The van der Waals surface area contributed by atoms with Crippen molar-refractivity contribution in [2.45, 2.75) is 72.2 Å². The molecule has 1 heterocycles. The lowest BCUT2D eigenvalue weighted by molar-refractivity contribution is -0.320. The first-order chi connectivity index (χ1) is 14.7. The second kappa shape index (κ2) is 9.86. The van der Waals surface area contributed by atoms with Crippen LogP contribution in [0.1, 0.15) is 60.3 Å². The van der Waals surface area contributed by atoms with Crippen LogP contribution in [0, 0.1) is 29.6 Å². The molecule has 0 spiro atoms. The summed E-state index contributed by atoms with van der Waals surface area (Å²) in [5.41, 5.74) is 0. The van der Waals surface area contributed by atoms with Gasteiger partial charge in [-0.25, -0.2) is 9.69 Å². The number of amides is 2. The van der Waals surface area contributed by atoms with Gasteiger partial charge < -0.3 is 18.9 Å². The maximum atomic E-state index is 13.3. The van der Waals surface area contributed by atoms with Crippen LogP contribution in [-0.2, 0) is 28.5 Å². The van der Waals surface area contributed by atoms with Gasteiger partial charge in [0, 0.05) is 19.6 Å². The van der Waals surface area contributed by atoms with Crippen molar-refractivity contribution in [3.8, 4) is 0 Å². The molecule has 0 bridgehead atoms. The fraction of sp³-hybridized carbons (Fsp3) is 0.870. The molecule has 3 aliphatic rings. The highest BCUT2D eigenvalue weighted by Gasteiger charge is 2.65. The number of ether oxygens (including phenoxy) is 4. The zero-order chi connectivity index (χ0) is 22.8. The lowest BCUT2D eigenvalue weighted by Crippen LogP contribution is -2.65. The highest BCUT2D eigenvalue weighted by atomic mass is 16.7. The van der Waals surface area contributed by atoms with E-state index in [1.807, 2.05) is 13.8 Å². The average Bonchev–Trinajstić information content (AvgIpc) is 3.12. The molecule has 5 atom stereocenters. The van der Waals surface area contributed by atoms with Crippen molar-refractivity contribution < 1.29 is 33.3 Å². The maximum absolute atomic E-state index is 13.3. The fourth-order valence-electron chi connectivity index (χ4n) is 5.35. The van der Waals surface area contributed by atoms with E-state index in [-0.39, 0.29) is 25.7 Å². The minimum atomic E-state index is -1.22. The molecule has 8 heteroatoms. The van der Waals surface area contributed by atoms with E-state index >= 15 is 0 Å². The number of carbonyl (C=O) groups excluding carboxylic acids is 3. The molecule has 1 aliphatic heterocycles. The molecule has 0 N–H and O–H groups in total. The molecular weight excluding hydrogens is 402 g/mol. The Morgan fingerprint density at radius 2 is 1.87 bits per heavy atom. The number of rotatable bonds is 8. The summed E-state index contributed by atoms with van der Waals surface area (Å²) < 4.78 is 22.7. The average molecular weight is 440 g/mol. The van der Waals surface area contributed by atoms with Crippen LogP contribution in [0.4, 0.5) is 4.79 Å². The summed E-state index contributed by atoms with van der Waals surface area (Å²) in [7, 11) is 0. The van der Waals surface area contributed by atoms with Crippen molar-refractivity contribution in [1.82, 2.24) is 4.90 Å². The van der Waals surface area contributed by atoms with Gasteiger partial charge in [0.05, 0.1) is 12.5 Å². The zero-order valence-corrected chi connectivity index (χ0v) is 19.4. The monoisotopic (exact) mass is 439 g/mol. The zero-order valence-electron chi connectivity index (χ0n) is 19.4. The predicted molar refractivity (Wildman–Crippen MR) is 112 cm³/mol. The summed E-state index contributed by atoms with van der Waals surface area (Å²) in [6.45, 7) is 11.1. The Hall–Kier alpha value is -1.67. The first-order valence-corrected chi connectivity index (χ1v) is 11.7. The van der Waals surface area contributed by atoms with Gasteiger partial charge in [-0.1, -0.05) is 27.2 Å². The molecule has 2 saturated carbocycles. The van der Waals surface area contributed by atoms with Gasteiger partial charge in [-0.2, -0.15) is 0 Å². The van der Waals surface area contributed by atoms with Crippen molar-refractivity contribution in [3.05, 3.63) is 0 Å². The summed E-state index contributed by atoms with van der Waals surface area (Å²) in [5.74, 6) is -2.52. The van der Waals surface area contributed by atoms with Gasteiger partial charge in [0.1, 0.15) is 18.6 Å². The minimum absolute atomic E-state index is 0.151. The Morgan fingerprint density at radius 3 is 2.42 bits per heavy atom. The maximum Gasteiger partial charge on any atom is 0.416 e. The van der Waals surface area contributed by atoms with Crippen LogP contribution in [0.2, 0.25) is 0 Å². The van der Waals surface area contributed by atoms with Crippen LogP contribution in [0.25, 0.3) is 0 Å². The Morgan fingerprint density at radius 1 is 1.19 bits per heavy atom. The second-order valence-corrected chi connectivity index (χ2v) is 9.37. The van der Waals surface area contributed by atoms with Gasteiger partial charge in [0.25, 0.3) is 0 Å². The van der Waals surface area contributed by atoms with Crippen molar-refractivity contribution in [1.29, 1.82) is 0 Å². The number of carbonyl (C=O) groups is 3. The van der Waals surface area contributed by atoms with Crippen LogP contribution < -0.4 is 0 Å². The lowest BCUT2D eigenvalue weighted by Gasteiger charge is -2.52. The van der Waals surface area contributed by atoms with E-state index < -0.39 is 35.6 Å². The van der Waals surface area contributed by atoms with Crippen molar-refractivity contribution >= 4 is 18.0 Å². The number of hydrogen-bond donors (Lipinski definition) is 0. The Labute approximate surface area is 184 Å². The van der Waals surface area contributed by atoms with E-state index in [1.54, 1.807) is 0 Å². The summed E-state index contributed by atoms with van der Waals surface area (Å²) in [6.07, 6.45) is 2.40. The van der Waals surface area contributed by atoms with E-state index in [0.29, 0.717) is 31.0 Å². The molecule has 0 aromatic carbocycles. The topological polar surface area (TPSA) is 91.4 Å². The van der Waals surface area contributed by atoms with Crippen LogP contribution >= 0.6 is 0 Å². The molecule has 0 aromatic heterocycles. The van der Waals surface area contributed by atoms with Gasteiger partial charge in [-0.3, -0.25) is 9.59 Å². The number of imide groups is 1. The third-order valence-corrected chi connectivity index (χ3v) is 6.98. The van der Waals surface area contributed by atoms with Crippen molar-refractivity contribution in [3.63, 3.8) is 0 Å². The first kappa shape index (κ1) is 24.0. The van der Waals surface area contributed by atoms with E-state index in [4.69, 9.17) is 18.9 Å². The molecule has 0 radical (unpaired) electrons. The van der Waals surface area contributed by atoms with E-state index in [2.05, 4.69) is 20.8 Å². The van der Waals surface area contributed by atoms with Crippen LogP contribution in [0.5, 0.6) is 0 Å². The molecule has 31 heavy (non-hydrogen) atoms. The highest BCUT2D eigenvalue weighted by Crippen LogP contribution is 2.50. The number of hydrogen-bond acceptors (Lipinski definition) is 7. The van der Waals surface area contributed by atoms with Crippen molar-refractivity contribution in [2.24, 2.45) is 29.6 Å². The Kier molecular flexibility index (Phi) is 7.63. The quantitative estimate of drug-likeness (QED) is 0.423. The second-order valence-electron chi connectivity index (χ2n) is 9.37. The highest BCUT2D eigenvalue weighted by molar-refractivity contribution is 5.97. The molecular formula is C23H37NO7. The van der Waals surface area contributed by atoms with Gasteiger partial charge in [-0.15, -0.1) is 0 Å². The standard InChI is InChI=1S/C23H37NO7/c1-6-29-23(30-7-2)13-17(19(23)20(25)24-10-11-28-22(24)27)21(26)31-18-12-15(5)8-9-16(18)14(3)4/h14-19H,6-13H2,1-5H3.